The lowest BCUT2D eigenvalue weighted by Crippen LogP contribution is -2.27. The topological polar surface area (TPSA) is 37.4 Å². The summed E-state index contributed by atoms with van der Waals surface area (Å²) in [7, 11) is 1.76. The first-order valence-corrected chi connectivity index (χ1v) is 6.16. The Morgan fingerprint density at radius 2 is 1.56 bits per heavy atom. The lowest BCUT2D eigenvalue weighted by atomic mass is 10.0. The highest BCUT2D eigenvalue weighted by Gasteiger charge is 2.14. The van der Waals surface area contributed by atoms with Gasteiger partial charge in [0.25, 0.3) is 0 Å². The molecule has 98 valence electrons. The van der Waals surface area contributed by atoms with Crippen molar-refractivity contribution in [1.82, 2.24) is 0 Å². The van der Waals surface area contributed by atoms with E-state index in [1.165, 1.54) is 18.1 Å². The van der Waals surface area contributed by atoms with Gasteiger partial charge in [0.15, 0.2) is 0 Å². The summed E-state index contributed by atoms with van der Waals surface area (Å²) in [6.45, 7) is 7.60. The number of nitrogens with zero attached hydrogens (tertiary/aromatic N) is 1. The number of hydrogen-bond acceptors (Lipinski definition) is 2. The van der Waals surface area contributed by atoms with Crippen LogP contribution in [0, 0.1) is 20.8 Å². The molecule has 1 aromatic rings. The van der Waals surface area contributed by atoms with Gasteiger partial charge in [0, 0.05) is 25.6 Å². The van der Waals surface area contributed by atoms with E-state index in [0.717, 1.165) is 11.3 Å². The van der Waals surface area contributed by atoms with Crippen LogP contribution in [0.4, 0.5) is 5.69 Å². The van der Waals surface area contributed by atoms with E-state index in [1.807, 2.05) is 19.9 Å². The number of carbonyl (C=O) groups is 2. The molecule has 3 nitrogen and oxygen atoms in total. The van der Waals surface area contributed by atoms with Crippen LogP contribution in [0.1, 0.15) is 36.5 Å². The Morgan fingerprint density at radius 3 is 2.11 bits per heavy atom. The largest absolute Gasteiger partial charge is 0.315 e. The lowest BCUT2D eigenvalue weighted by Gasteiger charge is -2.21. The standard InChI is InChI=1S/C15H21NO2/c1-10-8-12(3)14(9-11(10)2)16(5)15(18)7-6-13(4)17/h8-9H,6-7H2,1-5H3. The van der Waals surface area contributed by atoms with Crippen LogP contribution in [0.25, 0.3) is 0 Å². The van der Waals surface area contributed by atoms with Crippen molar-refractivity contribution in [3.05, 3.63) is 28.8 Å². The molecule has 0 N–H and O–H groups in total. The molecule has 1 aromatic carbocycles. The first kappa shape index (κ1) is 14.4. The fourth-order valence-electron chi connectivity index (χ4n) is 1.89. The molecule has 0 unspecified atom stereocenters. The Labute approximate surface area is 109 Å². The zero-order valence-electron chi connectivity index (χ0n) is 11.8. The Kier molecular flexibility index (Phi) is 4.65. The molecule has 0 aliphatic carbocycles. The highest BCUT2D eigenvalue weighted by molar-refractivity contribution is 5.95. The number of aryl methyl sites for hydroxylation is 3. The molecule has 1 amide bonds. The summed E-state index contributed by atoms with van der Waals surface area (Å²) in [6, 6.07) is 4.11. The van der Waals surface area contributed by atoms with E-state index in [2.05, 4.69) is 13.0 Å². The summed E-state index contributed by atoms with van der Waals surface area (Å²) in [6.07, 6.45) is 0.589. The maximum Gasteiger partial charge on any atom is 0.227 e. The van der Waals surface area contributed by atoms with Crippen molar-refractivity contribution >= 4 is 17.4 Å². The Balaban J connectivity index is 2.90. The first-order chi connectivity index (χ1) is 8.32. The Morgan fingerprint density at radius 1 is 1.00 bits per heavy atom. The first-order valence-electron chi connectivity index (χ1n) is 6.16. The van der Waals surface area contributed by atoms with Gasteiger partial charge in [-0.1, -0.05) is 6.07 Å². The van der Waals surface area contributed by atoms with Crippen molar-refractivity contribution in [3.8, 4) is 0 Å². The van der Waals surface area contributed by atoms with Crippen molar-refractivity contribution in [2.45, 2.75) is 40.5 Å². The molecule has 0 fully saturated rings. The fourth-order valence-corrected chi connectivity index (χ4v) is 1.89. The summed E-state index contributed by atoms with van der Waals surface area (Å²) >= 11 is 0. The molecule has 0 aliphatic rings. The molecule has 18 heavy (non-hydrogen) atoms. The molecular weight excluding hydrogens is 226 g/mol. The van der Waals surface area contributed by atoms with E-state index in [1.54, 1.807) is 11.9 Å². The number of rotatable bonds is 4. The number of benzene rings is 1. The predicted molar refractivity (Wildman–Crippen MR) is 74.0 cm³/mol. The van der Waals surface area contributed by atoms with Crippen LogP contribution < -0.4 is 4.90 Å². The molecule has 3 heteroatoms. The molecule has 0 saturated carbocycles. The third-order valence-corrected chi connectivity index (χ3v) is 3.24. The van der Waals surface area contributed by atoms with E-state index in [0.29, 0.717) is 6.42 Å². The van der Waals surface area contributed by atoms with Gasteiger partial charge < -0.3 is 9.69 Å². The lowest BCUT2D eigenvalue weighted by molar-refractivity contribution is -0.122. The van der Waals surface area contributed by atoms with Crippen LogP contribution in [0.5, 0.6) is 0 Å². The monoisotopic (exact) mass is 247 g/mol. The molecular formula is C15H21NO2. The van der Waals surface area contributed by atoms with Gasteiger partial charge in [-0.15, -0.1) is 0 Å². The third-order valence-electron chi connectivity index (χ3n) is 3.24. The maximum absolute atomic E-state index is 12.0. The number of hydrogen-bond donors (Lipinski definition) is 0. The molecule has 0 aromatic heterocycles. The van der Waals surface area contributed by atoms with Crippen molar-refractivity contribution in [3.63, 3.8) is 0 Å². The SMILES string of the molecule is CC(=O)CCC(=O)N(C)c1cc(C)c(C)cc1C. The van der Waals surface area contributed by atoms with Crippen LogP contribution in [0.3, 0.4) is 0 Å². The van der Waals surface area contributed by atoms with E-state index in [4.69, 9.17) is 0 Å². The average molecular weight is 247 g/mol. The summed E-state index contributed by atoms with van der Waals surface area (Å²) in [4.78, 5) is 24.5. The predicted octanol–water partition coefficient (Wildman–Crippen LogP) is 2.94. The second-order valence-corrected chi connectivity index (χ2v) is 4.88. The van der Waals surface area contributed by atoms with Gasteiger partial charge in [-0.3, -0.25) is 4.79 Å². The minimum Gasteiger partial charge on any atom is -0.315 e. The van der Waals surface area contributed by atoms with Crippen LogP contribution in [-0.4, -0.2) is 18.7 Å². The Bertz CT molecular complexity index is 478. The van der Waals surface area contributed by atoms with Crippen molar-refractivity contribution in [2.24, 2.45) is 0 Å². The van der Waals surface area contributed by atoms with Gasteiger partial charge in [-0.05, 0) is 50.5 Å². The highest BCUT2D eigenvalue weighted by Crippen LogP contribution is 2.23. The fraction of sp³-hybridized carbons (Fsp3) is 0.467. The van der Waals surface area contributed by atoms with E-state index >= 15 is 0 Å². The molecule has 0 heterocycles. The molecule has 0 bridgehead atoms. The van der Waals surface area contributed by atoms with Gasteiger partial charge in [-0.25, -0.2) is 0 Å². The van der Waals surface area contributed by atoms with Crippen molar-refractivity contribution in [1.29, 1.82) is 0 Å². The molecule has 0 aliphatic heterocycles. The van der Waals surface area contributed by atoms with E-state index in [9.17, 15) is 9.59 Å². The second kappa shape index (κ2) is 5.80. The molecule has 1 rings (SSSR count). The van der Waals surface area contributed by atoms with Crippen LogP contribution in [0.2, 0.25) is 0 Å². The van der Waals surface area contributed by atoms with Crippen molar-refractivity contribution in [2.75, 3.05) is 11.9 Å². The van der Waals surface area contributed by atoms with Crippen LogP contribution >= 0.6 is 0 Å². The second-order valence-electron chi connectivity index (χ2n) is 4.88. The molecule has 0 radical (unpaired) electrons. The molecule has 0 saturated heterocycles. The number of anilines is 1. The Hall–Kier alpha value is -1.64. The number of carbonyl (C=O) groups excluding carboxylic acids is 2. The van der Waals surface area contributed by atoms with E-state index in [-0.39, 0.29) is 18.1 Å². The summed E-state index contributed by atoms with van der Waals surface area (Å²) in [5.41, 5.74) is 4.39. The van der Waals surface area contributed by atoms with Gasteiger partial charge in [0.2, 0.25) is 5.91 Å². The minimum absolute atomic E-state index is 0.0171. The van der Waals surface area contributed by atoms with Crippen LogP contribution in [0.15, 0.2) is 12.1 Å². The quantitative estimate of drug-likeness (QED) is 0.820. The zero-order valence-corrected chi connectivity index (χ0v) is 11.8. The summed E-state index contributed by atoms with van der Waals surface area (Å²) < 4.78 is 0. The van der Waals surface area contributed by atoms with Gasteiger partial charge in [0.05, 0.1) is 0 Å². The van der Waals surface area contributed by atoms with Crippen LogP contribution in [-0.2, 0) is 9.59 Å². The molecule has 0 spiro atoms. The number of Topliss-reactive ketones (excluding diaryl/α,β-unsaturated/α-hetero) is 1. The average Bonchev–Trinajstić information content (AvgIpc) is 2.29. The van der Waals surface area contributed by atoms with E-state index < -0.39 is 0 Å². The summed E-state index contributed by atoms with van der Waals surface area (Å²) in [5, 5.41) is 0. The minimum atomic E-state index is -0.0171. The molecule has 0 atom stereocenters. The summed E-state index contributed by atoms with van der Waals surface area (Å²) in [5.74, 6) is 0.0325. The van der Waals surface area contributed by atoms with Crippen molar-refractivity contribution < 1.29 is 9.59 Å². The third kappa shape index (κ3) is 3.42. The normalized spacial score (nSPS) is 10.3. The zero-order chi connectivity index (χ0) is 13.9. The smallest absolute Gasteiger partial charge is 0.227 e. The number of amides is 1. The highest BCUT2D eigenvalue weighted by atomic mass is 16.2. The number of ketones is 1. The van der Waals surface area contributed by atoms with Gasteiger partial charge >= 0.3 is 0 Å². The van der Waals surface area contributed by atoms with Gasteiger partial charge in [0.1, 0.15) is 5.78 Å². The maximum atomic E-state index is 12.0. The van der Waals surface area contributed by atoms with Gasteiger partial charge in [-0.2, -0.15) is 0 Å².